The summed E-state index contributed by atoms with van der Waals surface area (Å²) in [6.07, 6.45) is 1.50. The van der Waals surface area contributed by atoms with Gasteiger partial charge in [0.2, 0.25) is 0 Å². The zero-order valence-corrected chi connectivity index (χ0v) is 14.5. The van der Waals surface area contributed by atoms with Crippen LogP contribution < -0.4 is 0 Å². The minimum Gasteiger partial charge on any atom is -0.481 e. The minimum atomic E-state index is -0.643. The molecule has 5 heteroatoms. The highest BCUT2D eigenvalue weighted by Crippen LogP contribution is 2.38. The Morgan fingerprint density at radius 3 is 1.95 bits per heavy atom. The Morgan fingerprint density at radius 2 is 1.59 bits per heavy atom. The molecule has 3 rings (SSSR count). The molecule has 0 saturated carbocycles. The van der Waals surface area contributed by atoms with E-state index in [1.54, 1.807) is 0 Å². The lowest BCUT2D eigenvalue weighted by atomic mass is 9.95. The molecule has 1 aliphatic rings. The van der Waals surface area contributed by atoms with Crippen molar-refractivity contribution in [1.29, 1.82) is 0 Å². The Morgan fingerprint density at radius 1 is 1.09 bits per heavy atom. The van der Waals surface area contributed by atoms with Gasteiger partial charge in [-0.25, -0.2) is 0 Å². The number of likely N-dealkylation sites (tertiary alicyclic amines) is 1. The van der Waals surface area contributed by atoms with Crippen LogP contribution in [0.5, 0.6) is 0 Å². The molecule has 0 radical (unpaired) electrons. The molecule has 0 unspecified atom stereocenters. The van der Waals surface area contributed by atoms with Crippen molar-refractivity contribution in [2.75, 3.05) is 13.1 Å². The van der Waals surface area contributed by atoms with Gasteiger partial charge in [-0.05, 0) is 64.0 Å². The first-order valence-electron chi connectivity index (χ1n) is 7.64. The molecule has 0 aromatic carbocycles. The van der Waals surface area contributed by atoms with E-state index in [1.807, 2.05) is 22.7 Å². The van der Waals surface area contributed by atoms with E-state index in [2.05, 4.69) is 43.0 Å². The maximum absolute atomic E-state index is 11.2. The van der Waals surface area contributed by atoms with Gasteiger partial charge in [0.25, 0.3) is 0 Å². The van der Waals surface area contributed by atoms with Crippen LogP contribution in [0.3, 0.4) is 0 Å². The number of carboxylic acids is 1. The molecule has 0 spiro atoms. The fourth-order valence-electron chi connectivity index (χ4n) is 3.11. The minimum absolute atomic E-state index is 0.174. The van der Waals surface area contributed by atoms with Gasteiger partial charge < -0.3 is 5.11 Å². The van der Waals surface area contributed by atoms with Gasteiger partial charge >= 0.3 is 5.97 Å². The third-order valence-corrected chi connectivity index (χ3v) is 6.41. The molecule has 2 aromatic heterocycles. The Bertz CT molecular complexity index is 613. The highest BCUT2D eigenvalue weighted by Gasteiger charge is 2.31. The second-order valence-electron chi connectivity index (χ2n) is 5.95. The summed E-state index contributed by atoms with van der Waals surface area (Å²) in [6.45, 7) is 5.99. The van der Waals surface area contributed by atoms with E-state index >= 15 is 0 Å². The number of rotatable bonds is 4. The quantitative estimate of drug-likeness (QED) is 0.905. The molecule has 0 atom stereocenters. The van der Waals surface area contributed by atoms with E-state index in [1.165, 1.54) is 19.5 Å². The van der Waals surface area contributed by atoms with E-state index in [0.717, 1.165) is 25.9 Å². The number of thiophene rings is 2. The molecular formula is C17H21NO2S2. The predicted octanol–water partition coefficient (Wildman–Crippen LogP) is 4.31. The van der Waals surface area contributed by atoms with E-state index < -0.39 is 5.97 Å². The van der Waals surface area contributed by atoms with E-state index in [9.17, 15) is 9.90 Å². The summed E-state index contributed by atoms with van der Waals surface area (Å²) in [5.74, 6) is -0.817. The van der Waals surface area contributed by atoms with Crippen molar-refractivity contribution in [2.24, 2.45) is 5.92 Å². The average Bonchev–Trinajstić information content (AvgIpc) is 3.09. The van der Waals surface area contributed by atoms with Crippen molar-refractivity contribution in [1.82, 2.24) is 4.90 Å². The van der Waals surface area contributed by atoms with Crippen LogP contribution in [-0.4, -0.2) is 29.1 Å². The average molecular weight is 335 g/mol. The van der Waals surface area contributed by atoms with Gasteiger partial charge in [0.05, 0.1) is 12.0 Å². The smallest absolute Gasteiger partial charge is 0.306 e. The molecule has 0 bridgehead atoms. The molecule has 118 valence electrons. The predicted molar refractivity (Wildman–Crippen MR) is 91.9 cm³/mol. The lowest BCUT2D eigenvalue weighted by molar-refractivity contribution is -0.143. The van der Waals surface area contributed by atoms with Gasteiger partial charge in [-0.2, -0.15) is 0 Å². The Hall–Kier alpha value is -1.17. The number of carbonyl (C=O) groups is 1. The summed E-state index contributed by atoms with van der Waals surface area (Å²) in [4.78, 5) is 19.0. The SMILES string of the molecule is Cc1ccc(C(c2ccc(C)s2)N2CCC(C(=O)O)CC2)s1. The fraction of sp³-hybridized carbons (Fsp3) is 0.471. The monoisotopic (exact) mass is 335 g/mol. The number of nitrogens with zero attached hydrogens (tertiary/aromatic N) is 1. The number of carboxylic acid groups (broad SMARTS) is 1. The number of aliphatic carboxylic acids is 1. The molecule has 0 aliphatic carbocycles. The lowest BCUT2D eigenvalue weighted by Gasteiger charge is -2.35. The summed E-state index contributed by atoms with van der Waals surface area (Å²) in [5.41, 5.74) is 0. The summed E-state index contributed by atoms with van der Waals surface area (Å²) in [6, 6.07) is 9.09. The zero-order chi connectivity index (χ0) is 15.7. The van der Waals surface area contributed by atoms with Crippen LogP contribution in [-0.2, 0) is 4.79 Å². The molecule has 22 heavy (non-hydrogen) atoms. The molecular weight excluding hydrogens is 314 g/mol. The first-order valence-corrected chi connectivity index (χ1v) is 9.27. The Balaban J connectivity index is 1.85. The lowest BCUT2D eigenvalue weighted by Crippen LogP contribution is -2.38. The van der Waals surface area contributed by atoms with Crippen molar-refractivity contribution in [3.63, 3.8) is 0 Å². The first-order chi connectivity index (χ1) is 10.5. The van der Waals surface area contributed by atoms with Gasteiger partial charge in [-0.1, -0.05) is 0 Å². The molecule has 1 saturated heterocycles. The second-order valence-corrected chi connectivity index (χ2v) is 8.59. The van der Waals surface area contributed by atoms with Crippen molar-refractivity contribution in [2.45, 2.75) is 32.7 Å². The number of hydrogen-bond donors (Lipinski definition) is 1. The van der Waals surface area contributed by atoms with Gasteiger partial charge in [0, 0.05) is 19.5 Å². The number of hydrogen-bond acceptors (Lipinski definition) is 4. The third kappa shape index (κ3) is 3.26. The van der Waals surface area contributed by atoms with E-state index in [-0.39, 0.29) is 12.0 Å². The Labute approximate surface area is 139 Å². The van der Waals surface area contributed by atoms with Gasteiger partial charge in [-0.3, -0.25) is 9.69 Å². The molecule has 1 fully saturated rings. The highest BCUT2D eigenvalue weighted by atomic mass is 32.1. The topological polar surface area (TPSA) is 40.5 Å². The molecule has 3 nitrogen and oxygen atoms in total. The van der Waals surface area contributed by atoms with Crippen LogP contribution >= 0.6 is 22.7 Å². The summed E-state index contributed by atoms with van der Waals surface area (Å²) in [5, 5.41) is 9.19. The van der Waals surface area contributed by atoms with Crippen molar-refractivity contribution in [3.8, 4) is 0 Å². The van der Waals surface area contributed by atoms with Crippen LogP contribution in [0.2, 0.25) is 0 Å². The normalized spacial score (nSPS) is 17.2. The largest absolute Gasteiger partial charge is 0.481 e. The first kappa shape index (κ1) is 15.7. The maximum Gasteiger partial charge on any atom is 0.306 e. The van der Waals surface area contributed by atoms with Gasteiger partial charge in [0.15, 0.2) is 0 Å². The maximum atomic E-state index is 11.2. The van der Waals surface area contributed by atoms with Crippen molar-refractivity contribution >= 4 is 28.6 Å². The third-order valence-electron chi connectivity index (χ3n) is 4.31. The van der Waals surface area contributed by atoms with Crippen LogP contribution in [0.25, 0.3) is 0 Å². The van der Waals surface area contributed by atoms with Crippen LogP contribution in [0.1, 0.15) is 38.4 Å². The standard InChI is InChI=1S/C17H21NO2S2/c1-11-3-5-14(21-11)16(15-6-4-12(2)22-15)18-9-7-13(8-10-18)17(19)20/h3-6,13,16H,7-10H2,1-2H3,(H,19,20). The summed E-state index contributed by atoms with van der Waals surface area (Å²) < 4.78 is 0. The molecule has 1 N–H and O–H groups in total. The summed E-state index contributed by atoms with van der Waals surface area (Å²) >= 11 is 3.70. The fourth-order valence-corrected chi connectivity index (χ4v) is 5.24. The Kier molecular flexibility index (Phi) is 4.66. The summed E-state index contributed by atoms with van der Waals surface area (Å²) in [7, 11) is 0. The molecule has 0 amide bonds. The molecule has 1 aliphatic heterocycles. The molecule has 2 aromatic rings. The van der Waals surface area contributed by atoms with Gasteiger partial charge in [0.1, 0.15) is 0 Å². The van der Waals surface area contributed by atoms with Crippen molar-refractivity contribution in [3.05, 3.63) is 43.8 Å². The van der Waals surface area contributed by atoms with Gasteiger partial charge in [-0.15, -0.1) is 22.7 Å². The highest BCUT2D eigenvalue weighted by molar-refractivity contribution is 7.13. The van der Waals surface area contributed by atoms with E-state index in [0.29, 0.717) is 0 Å². The van der Waals surface area contributed by atoms with Crippen LogP contribution in [0.15, 0.2) is 24.3 Å². The number of aryl methyl sites for hydroxylation is 2. The molecule has 3 heterocycles. The number of piperidine rings is 1. The van der Waals surface area contributed by atoms with Crippen LogP contribution in [0, 0.1) is 19.8 Å². The second kappa shape index (κ2) is 6.52. The van der Waals surface area contributed by atoms with E-state index in [4.69, 9.17) is 0 Å². The van der Waals surface area contributed by atoms with Crippen LogP contribution in [0.4, 0.5) is 0 Å². The van der Waals surface area contributed by atoms with Crippen molar-refractivity contribution < 1.29 is 9.90 Å². The zero-order valence-electron chi connectivity index (χ0n) is 12.9.